The predicted octanol–water partition coefficient (Wildman–Crippen LogP) is 3.46. The minimum atomic E-state index is -0.194. The summed E-state index contributed by atoms with van der Waals surface area (Å²) in [6.07, 6.45) is 6.93. The number of nitrogens with one attached hydrogen (secondary N) is 2. The highest BCUT2D eigenvalue weighted by molar-refractivity contribution is 7.98. The number of carbonyl (C=O) groups excluding carboxylic acids is 1. The number of fused-ring (bicyclic) bond motifs is 1. The van der Waals surface area contributed by atoms with Crippen molar-refractivity contribution >= 4 is 40.6 Å². The summed E-state index contributed by atoms with van der Waals surface area (Å²) in [7, 11) is 3.16. The van der Waals surface area contributed by atoms with Crippen molar-refractivity contribution in [2.45, 2.75) is 25.5 Å². The molecule has 2 aromatic heterocycles. The van der Waals surface area contributed by atoms with Gasteiger partial charge in [-0.25, -0.2) is 14.6 Å². The second kappa shape index (κ2) is 11.6. The fraction of sp³-hybridized carbons (Fsp3) is 0.391. The molecule has 3 aromatic rings. The summed E-state index contributed by atoms with van der Waals surface area (Å²) < 4.78 is 12.3. The van der Waals surface area contributed by atoms with Crippen molar-refractivity contribution in [3.63, 3.8) is 0 Å². The molecule has 2 N–H and O–H groups in total. The number of hydrogen-bond donors (Lipinski definition) is 2. The fourth-order valence-electron chi connectivity index (χ4n) is 3.10. The molecule has 10 heteroatoms. The average molecular weight is 471 g/mol. The maximum atomic E-state index is 12.3. The Kier molecular flexibility index (Phi) is 8.53. The van der Waals surface area contributed by atoms with Gasteiger partial charge in [0.2, 0.25) is 5.91 Å². The van der Waals surface area contributed by atoms with Gasteiger partial charge in [-0.05, 0) is 35.9 Å². The maximum Gasteiger partial charge on any atom is 0.244 e. The minimum absolute atomic E-state index is 0.194. The Morgan fingerprint density at radius 3 is 2.70 bits per heavy atom. The van der Waals surface area contributed by atoms with E-state index in [0.717, 1.165) is 29.0 Å². The normalized spacial score (nSPS) is 11.3. The van der Waals surface area contributed by atoms with Gasteiger partial charge in [0.1, 0.15) is 5.82 Å². The second-order valence-electron chi connectivity index (χ2n) is 7.68. The first-order valence-electron chi connectivity index (χ1n) is 10.6. The number of anilines is 1. The van der Waals surface area contributed by atoms with Crippen LogP contribution in [-0.2, 0) is 11.3 Å². The largest absolute Gasteiger partial charge is 0.493 e. The number of benzene rings is 1. The minimum Gasteiger partial charge on any atom is -0.493 e. The molecule has 0 spiro atoms. The van der Waals surface area contributed by atoms with Crippen molar-refractivity contribution in [1.82, 2.24) is 25.1 Å². The van der Waals surface area contributed by atoms with Gasteiger partial charge < -0.3 is 20.1 Å². The predicted molar refractivity (Wildman–Crippen MR) is 132 cm³/mol. The molecule has 2 heterocycles. The van der Waals surface area contributed by atoms with E-state index in [9.17, 15) is 4.79 Å². The molecular formula is C23H30N6O3S. The number of aromatic nitrogens is 4. The Morgan fingerprint density at radius 2 is 2.00 bits per heavy atom. The number of ether oxygens (including phenoxy) is 2. The third-order valence-corrected chi connectivity index (χ3v) is 5.34. The van der Waals surface area contributed by atoms with Crippen LogP contribution in [0.15, 0.2) is 35.6 Å². The Hall–Kier alpha value is -3.27. The summed E-state index contributed by atoms with van der Waals surface area (Å²) in [4.78, 5) is 21.5. The lowest BCUT2D eigenvalue weighted by Crippen LogP contribution is -2.25. The van der Waals surface area contributed by atoms with E-state index in [2.05, 4.69) is 39.5 Å². The molecule has 3 rings (SSSR count). The van der Waals surface area contributed by atoms with E-state index in [0.29, 0.717) is 35.7 Å². The third-order valence-electron chi connectivity index (χ3n) is 4.79. The first-order valence-corrected chi connectivity index (χ1v) is 11.9. The smallest absolute Gasteiger partial charge is 0.244 e. The molecule has 0 radical (unpaired) electrons. The van der Waals surface area contributed by atoms with Crippen LogP contribution in [0.25, 0.3) is 17.1 Å². The summed E-state index contributed by atoms with van der Waals surface area (Å²) >= 11 is 1.48. The Balaban J connectivity index is 1.63. The van der Waals surface area contributed by atoms with Crippen LogP contribution in [-0.4, -0.2) is 59.2 Å². The van der Waals surface area contributed by atoms with E-state index in [1.54, 1.807) is 37.2 Å². The van der Waals surface area contributed by atoms with Crippen molar-refractivity contribution in [3.8, 4) is 11.5 Å². The average Bonchev–Trinajstić information content (AvgIpc) is 3.23. The molecule has 0 saturated heterocycles. The van der Waals surface area contributed by atoms with Gasteiger partial charge in [0.15, 0.2) is 22.3 Å². The first-order chi connectivity index (χ1) is 15.9. The van der Waals surface area contributed by atoms with Crippen molar-refractivity contribution in [3.05, 3.63) is 36.0 Å². The van der Waals surface area contributed by atoms with Crippen LogP contribution in [0, 0.1) is 5.92 Å². The van der Waals surface area contributed by atoms with E-state index < -0.39 is 0 Å². The van der Waals surface area contributed by atoms with E-state index in [1.165, 1.54) is 17.8 Å². The number of carbonyl (C=O) groups is 1. The zero-order valence-electron chi connectivity index (χ0n) is 19.6. The molecule has 33 heavy (non-hydrogen) atoms. The lowest BCUT2D eigenvalue weighted by Gasteiger charge is -2.10. The van der Waals surface area contributed by atoms with Crippen LogP contribution in [0.2, 0.25) is 0 Å². The van der Waals surface area contributed by atoms with E-state index in [1.807, 2.05) is 18.4 Å². The van der Waals surface area contributed by atoms with Crippen molar-refractivity contribution in [2.75, 3.05) is 38.9 Å². The highest BCUT2D eigenvalue weighted by Crippen LogP contribution is 2.28. The molecule has 0 unspecified atom stereocenters. The molecule has 0 fully saturated rings. The zero-order valence-corrected chi connectivity index (χ0v) is 20.4. The van der Waals surface area contributed by atoms with Gasteiger partial charge >= 0.3 is 0 Å². The molecule has 0 aliphatic carbocycles. The van der Waals surface area contributed by atoms with Crippen LogP contribution in [0.1, 0.15) is 19.4 Å². The number of hydrogen-bond acceptors (Lipinski definition) is 8. The van der Waals surface area contributed by atoms with E-state index >= 15 is 0 Å². The lowest BCUT2D eigenvalue weighted by atomic mass is 10.2. The van der Waals surface area contributed by atoms with Crippen molar-refractivity contribution < 1.29 is 14.3 Å². The van der Waals surface area contributed by atoms with Crippen molar-refractivity contribution in [2.24, 2.45) is 5.92 Å². The molecule has 176 valence electrons. The standard InChI is InChI=1S/C23H30N6O3S/c1-15(2)13-25-21-17-14-26-29(22(17)28-23(27-21)33-5)11-10-24-20(30)9-7-16-6-8-18(31-3)19(12-16)32-4/h6-9,12,14-15H,10-11,13H2,1-5H3,(H,24,30)(H,25,27,28)/b9-7-. The Labute approximate surface area is 198 Å². The number of amides is 1. The second-order valence-corrected chi connectivity index (χ2v) is 8.45. The van der Waals surface area contributed by atoms with E-state index in [4.69, 9.17) is 9.47 Å². The molecule has 0 aliphatic rings. The summed E-state index contributed by atoms with van der Waals surface area (Å²) in [5.41, 5.74) is 1.58. The van der Waals surface area contributed by atoms with Crippen LogP contribution < -0.4 is 20.1 Å². The number of thioether (sulfide) groups is 1. The molecular weight excluding hydrogens is 440 g/mol. The number of methoxy groups -OCH3 is 2. The van der Waals surface area contributed by atoms with Crippen LogP contribution >= 0.6 is 11.8 Å². The Bertz CT molecular complexity index is 1130. The number of nitrogens with zero attached hydrogens (tertiary/aromatic N) is 4. The first kappa shape index (κ1) is 24.4. The quantitative estimate of drug-likeness (QED) is 0.249. The van der Waals surface area contributed by atoms with E-state index in [-0.39, 0.29) is 5.91 Å². The molecule has 0 bridgehead atoms. The number of rotatable bonds is 11. The topological polar surface area (TPSA) is 103 Å². The summed E-state index contributed by atoms with van der Waals surface area (Å²) in [6.45, 7) is 6.01. The highest BCUT2D eigenvalue weighted by Gasteiger charge is 2.13. The van der Waals surface area contributed by atoms with Crippen LogP contribution in [0.3, 0.4) is 0 Å². The fourth-order valence-corrected chi connectivity index (χ4v) is 3.46. The molecule has 0 saturated carbocycles. The van der Waals surface area contributed by atoms with Gasteiger partial charge in [0, 0.05) is 19.2 Å². The van der Waals surface area contributed by atoms with Gasteiger partial charge in [-0.15, -0.1) is 0 Å². The third kappa shape index (κ3) is 6.38. The van der Waals surface area contributed by atoms with Crippen molar-refractivity contribution in [1.29, 1.82) is 0 Å². The van der Waals surface area contributed by atoms with Gasteiger partial charge in [0.25, 0.3) is 0 Å². The SMILES string of the molecule is COc1ccc(/C=C\C(=O)NCCn2ncc3c(NCC(C)C)nc(SC)nc32)cc1OC. The maximum absolute atomic E-state index is 12.3. The molecule has 0 aliphatic heterocycles. The summed E-state index contributed by atoms with van der Waals surface area (Å²) in [6, 6.07) is 5.47. The Morgan fingerprint density at radius 1 is 1.21 bits per heavy atom. The van der Waals surface area contributed by atoms with Gasteiger partial charge in [-0.1, -0.05) is 31.7 Å². The van der Waals surface area contributed by atoms with Gasteiger partial charge in [-0.2, -0.15) is 5.10 Å². The van der Waals surface area contributed by atoms with Crippen LogP contribution in [0.5, 0.6) is 11.5 Å². The highest BCUT2D eigenvalue weighted by atomic mass is 32.2. The summed E-state index contributed by atoms with van der Waals surface area (Å²) in [5, 5.41) is 12.3. The molecule has 1 aromatic carbocycles. The molecule has 1 amide bonds. The summed E-state index contributed by atoms with van der Waals surface area (Å²) in [5.74, 6) is 2.33. The van der Waals surface area contributed by atoms with Gasteiger partial charge in [-0.3, -0.25) is 4.79 Å². The molecule has 0 atom stereocenters. The zero-order chi connectivity index (χ0) is 23.8. The lowest BCUT2D eigenvalue weighted by molar-refractivity contribution is -0.116. The van der Waals surface area contributed by atoms with Crippen LogP contribution in [0.4, 0.5) is 5.82 Å². The molecule has 9 nitrogen and oxygen atoms in total. The van der Waals surface area contributed by atoms with Gasteiger partial charge in [0.05, 0.1) is 32.3 Å². The monoisotopic (exact) mass is 470 g/mol.